The zero-order valence-electron chi connectivity index (χ0n) is 12.9. The number of hydrogen-bond acceptors (Lipinski definition) is 5. The summed E-state index contributed by atoms with van der Waals surface area (Å²) in [6.07, 6.45) is -0.536. The number of carbonyl (C=O) groups is 2. The van der Waals surface area contributed by atoms with E-state index in [0.717, 1.165) is 5.56 Å². The highest BCUT2D eigenvalue weighted by Crippen LogP contribution is 2.07. The minimum Gasteiger partial charge on any atom is -0.462 e. The molecule has 0 heterocycles. The molecule has 0 aromatic heterocycles. The van der Waals surface area contributed by atoms with E-state index in [2.05, 4.69) is 10.9 Å². The van der Waals surface area contributed by atoms with Crippen LogP contribution in [0.5, 0.6) is 0 Å². The number of hydrogen-bond donors (Lipinski definition) is 2. The normalized spacial score (nSPS) is 10.9. The van der Waals surface area contributed by atoms with Gasteiger partial charge in [-0.05, 0) is 45.4 Å². The Labute approximate surface area is 124 Å². The van der Waals surface area contributed by atoms with E-state index in [4.69, 9.17) is 9.47 Å². The molecule has 0 saturated carbocycles. The highest BCUT2D eigenvalue weighted by Gasteiger charge is 2.15. The Kier molecular flexibility index (Phi) is 6.17. The minimum atomic E-state index is -0.536. The van der Waals surface area contributed by atoms with Crippen LogP contribution in [-0.2, 0) is 16.0 Å². The van der Waals surface area contributed by atoms with E-state index >= 15 is 0 Å². The molecule has 0 bridgehead atoms. The second kappa shape index (κ2) is 7.64. The summed E-state index contributed by atoms with van der Waals surface area (Å²) in [6, 6.07) is 6.94. The standard InChI is InChI=1S/C15H22N2O4/c1-5-20-13(18)12-8-6-11(7-9-12)10-16-17-14(19)21-15(2,3)4/h6-9,16H,5,10H2,1-4H3,(H,17,19). The van der Waals surface area contributed by atoms with Gasteiger partial charge in [-0.15, -0.1) is 0 Å². The van der Waals surface area contributed by atoms with Gasteiger partial charge in [-0.2, -0.15) is 0 Å². The summed E-state index contributed by atoms with van der Waals surface area (Å²) in [5.41, 5.74) is 6.08. The molecule has 0 fully saturated rings. The fourth-order valence-corrected chi connectivity index (χ4v) is 1.50. The second-order valence-electron chi connectivity index (χ2n) is 5.40. The fraction of sp³-hybridized carbons (Fsp3) is 0.467. The summed E-state index contributed by atoms with van der Waals surface area (Å²) in [4.78, 5) is 22.9. The number of esters is 1. The zero-order valence-corrected chi connectivity index (χ0v) is 12.9. The Morgan fingerprint density at radius 3 is 2.29 bits per heavy atom. The first kappa shape index (κ1) is 17.0. The summed E-state index contributed by atoms with van der Waals surface area (Å²) in [5, 5.41) is 0. The fourth-order valence-electron chi connectivity index (χ4n) is 1.50. The minimum absolute atomic E-state index is 0.344. The number of benzene rings is 1. The number of nitrogens with one attached hydrogen (secondary N) is 2. The molecule has 116 valence electrons. The van der Waals surface area contributed by atoms with Gasteiger partial charge in [0.25, 0.3) is 0 Å². The Morgan fingerprint density at radius 1 is 1.14 bits per heavy atom. The van der Waals surface area contributed by atoms with Crippen molar-refractivity contribution in [1.82, 2.24) is 10.9 Å². The Hall–Kier alpha value is -2.08. The Bertz CT molecular complexity index is 477. The summed E-state index contributed by atoms with van der Waals surface area (Å²) >= 11 is 0. The molecular formula is C15H22N2O4. The lowest BCUT2D eigenvalue weighted by atomic mass is 10.1. The van der Waals surface area contributed by atoms with Gasteiger partial charge in [-0.3, -0.25) is 5.43 Å². The monoisotopic (exact) mass is 294 g/mol. The molecule has 0 saturated heterocycles. The molecule has 0 atom stereocenters. The number of amides is 1. The summed E-state index contributed by atoms with van der Waals surface area (Å²) < 4.78 is 9.98. The molecule has 0 spiro atoms. The van der Waals surface area contributed by atoms with Crippen molar-refractivity contribution in [2.45, 2.75) is 39.8 Å². The van der Waals surface area contributed by atoms with Crippen molar-refractivity contribution in [1.29, 1.82) is 0 Å². The first-order valence-corrected chi connectivity index (χ1v) is 6.79. The molecule has 0 aliphatic heterocycles. The van der Waals surface area contributed by atoms with Gasteiger partial charge in [0.2, 0.25) is 0 Å². The molecule has 6 nitrogen and oxygen atoms in total. The average molecular weight is 294 g/mol. The number of ether oxygens (including phenoxy) is 2. The quantitative estimate of drug-likeness (QED) is 0.644. The van der Waals surface area contributed by atoms with Crippen molar-refractivity contribution in [3.63, 3.8) is 0 Å². The Morgan fingerprint density at radius 2 is 1.76 bits per heavy atom. The molecule has 1 rings (SSSR count). The van der Waals surface area contributed by atoms with E-state index in [1.165, 1.54) is 0 Å². The number of hydrazine groups is 1. The van der Waals surface area contributed by atoms with Gasteiger partial charge < -0.3 is 9.47 Å². The predicted octanol–water partition coefficient (Wildman–Crippen LogP) is 2.39. The molecule has 1 amide bonds. The van der Waals surface area contributed by atoms with Crippen LogP contribution in [-0.4, -0.2) is 24.3 Å². The summed E-state index contributed by atoms with van der Waals surface area (Å²) in [5.74, 6) is -0.344. The number of rotatable bonds is 5. The van der Waals surface area contributed by atoms with Crippen molar-refractivity contribution in [3.8, 4) is 0 Å². The van der Waals surface area contributed by atoms with Crippen LogP contribution < -0.4 is 10.9 Å². The summed E-state index contributed by atoms with van der Waals surface area (Å²) in [7, 11) is 0. The summed E-state index contributed by atoms with van der Waals surface area (Å²) in [6.45, 7) is 7.91. The smallest absolute Gasteiger partial charge is 0.422 e. The lowest BCUT2D eigenvalue weighted by Gasteiger charge is -2.19. The predicted molar refractivity (Wildman–Crippen MR) is 78.6 cm³/mol. The van der Waals surface area contributed by atoms with Gasteiger partial charge in [0.15, 0.2) is 0 Å². The SMILES string of the molecule is CCOC(=O)c1ccc(CNNC(=O)OC(C)(C)C)cc1. The van der Waals surface area contributed by atoms with Crippen LogP contribution >= 0.6 is 0 Å². The molecule has 0 radical (unpaired) electrons. The maximum atomic E-state index is 11.5. The van der Waals surface area contributed by atoms with Gasteiger partial charge in [0.05, 0.1) is 12.2 Å². The molecule has 6 heteroatoms. The van der Waals surface area contributed by atoms with Gasteiger partial charge in [0, 0.05) is 6.54 Å². The van der Waals surface area contributed by atoms with E-state index in [1.807, 2.05) is 0 Å². The lowest BCUT2D eigenvalue weighted by Crippen LogP contribution is -2.40. The van der Waals surface area contributed by atoms with Gasteiger partial charge in [-0.1, -0.05) is 12.1 Å². The van der Waals surface area contributed by atoms with E-state index < -0.39 is 11.7 Å². The molecule has 0 aliphatic carbocycles. The van der Waals surface area contributed by atoms with Crippen molar-refractivity contribution in [3.05, 3.63) is 35.4 Å². The van der Waals surface area contributed by atoms with Crippen molar-refractivity contribution in [2.24, 2.45) is 0 Å². The number of carbonyl (C=O) groups excluding carboxylic acids is 2. The largest absolute Gasteiger partial charge is 0.462 e. The van der Waals surface area contributed by atoms with Crippen LogP contribution in [0.2, 0.25) is 0 Å². The van der Waals surface area contributed by atoms with E-state index in [9.17, 15) is 9.59 Å². The van der Waals surface area contributed by atoms with Crippen LogP contribution in [0.3, 0.4) is 0 Å². The average Bonchev–Trinajstić information content (AvgIpc) is 2.37. The maximum Gasteiger partial charge on any atom is 0.422 e. The molecule has 0 unspecified atom stereocenters. The highest BCUT2D eigenvalue weighted by molar-refractivity contribution is 5.89. The van der Waals surface area contributed by atoms with Crippen molar-refractivity contribution in [2.75, 3.05) is 6.61 Å². The van der Waals surface area contributed by atoms with E-state index in [-0.39, 0.29) is 5.97 Å². The van der Waals surface area contributed by atoms with Crippen molar-refractivity contribution < 1.29 is 19.1 Å². The van der Waals surface area contributed by atoms with Gasteiger partial charge in [-0.25, -0.2) is 15.0 Å². The van der Waals surface area contributed by atoms with Crippen LogP contribution in [0, 0.1) is 0 Å². The third-order valence-electron chi connectivity index (χ3n) is 2.35. The molecule has 0 aliphatic rings. The molecule has 2 N–H and O–H groups in total. The lowest BCUT2D eigenvalue weighted by molar-refractivity contribution is 0.0494. The third kappa shape index (κ3) is 6.76. The van der Waals surface area contributed by atoms with Crippen LogP contribution in [0.1, 0.15) is 43.6 Å². The van der Waals surface area contributed by atoms with Crippen LogP contribution in [0.25, 0.3) is 0 Å². The first-order valence-electron chi connectivity index (χ1n) is 6.79. The van der Waals surface area contributed by atoms with Crippen LogP contribution in [0.15, 0.2) is 24.3 Å². The third-order valence-corrected chi connectivity index (χ3v) is 2.35. The molecular weight excluding hydrogens is 272 g/mol. The van der Waals surface area contributed by atoms with Crippen LogP contribution in [0.4, 0.5) is 4.79 Å². The second-order valence-corrected chi connectivity index (χ2v) is 5.40. The highest BCUT2D eigenvalue weighted by atomic mass is 16.6. The van der Waals surface area contributed by atoms with Crippen molar-refractivity contribution >= 4 is 12.1 Å². The molecule has 21 heavy (non-hydrogen) atoms. The van der Waals surface area contributed by atoms with Gasteiger partial charge in [0.1, 0.15) is 5.60 Å². The molecule has 1 aromatic carbocycles. The Balaban J connectivity index is 2.40. The zero-order chi connectivity index (χ0) is 15.9. The topological polar surface area (TPSA) is 76.7 Å². The van der Waals surface area contributed by atoms with Gasteiger partial charge >= 0.3 is 12.1 Å². The first-order chi connectivity index (χ1) is 9.81. The van der Waals surface area contributed by atoms with E-state index in [1.54, 1.807) is 52.0 Å². The molecule has 1 aromatic rings. The van der Waals surface area contributed by atoms with E-state index in [0.29, 0.717) is 18.7 Å². The maximum absolute atomic E-state index is 11.5.